The summed E-state index contributed by atoms with van der Waals surface area (Å²) in [7, 11) is 1.88. The van der Waals surface area contributed by atoms with Crippen molar-refractivity contribution < 1.29 is 9.53 Å². The lowest BCUT2D eigenvalue weighted by atomic mass is 9.93. The Bertz CT molecular complexity index is 266. The van der Waals surface area contributed by atoms with Crippen LogP contribution in [0.25, 0.3) is 0 Å². The molecule has 0 radical (unpaired) electrons. The number of hydrogen-bond acceptors (Lipinski definition) is 2. The van der Waals surface area contributed by atoms with Crippen LogP contribution in [0.15, 0.2) is 0 Å². The smallest absolute Gasteiger partial charge is 0.251 e. The summed E-state index contributed by atoms with van der Waals surface area (Å²) in [5, 5.41) is 0.112. The standard InChI is InChI=1S/C13H22ClNO2/c1-15(11-7-3-2-6-10(11)14)13(16)12-8-4-5-9-17-12/h10-12H,2-9H2,1H3. The van der Waals surface area contributed by atoms with E-state index in [-0.39, 0.29) is 23.4 Å². The van der Waals surface area contributed by atoms with Gasteiger partial charge in [-0.1, -0.05) is 12.8 Å². The quantitative estimate of drug-likeness (QED) is 0.714. The second kappa shape index (κ2) is 6.05. The third-order valence-corrected chi connectivity index (χ3v) is 4.46. The van der Waals surface area contributed by atoms with Crippen molar-refractivity contribution in [1.29, 1.82) is 0 Å². The van der Waals surface area contributed by atoms with Gasteiger partial charge in [0.2, 0.25) is 0 Å². The number of alkyl halides is 1. The Hall–Kier alpha value is -0.280. The van der Waals surface area contributed by atoms with Crippen LogP contribution in [0.2, 0.25) is 0 Å². The average Bonchev–Trinajstić information content (AvgIpc) is 2.39. The van der Waals surface area contributed by atoms with Gasteiger partial charge < -0.3 is 9.64 Å². The number of halogens is 1. The molecule has 1 aliphatic carbocycles. The number of likely N-dealkylation sites (N-methyl/N-ethyl adjacent to an activating group) is 1. The molecular weight excluding hydrogens is 238 g/mol. The van der Waals surface area contributed by atoms with E-state index in [1.165, 1.54) is 12.8 Å². The predicted octanol–water partition coefficient (Wildman–Crippen LogP) is 2.56. The summed E-state index contributed by atoms with van der Waals surface area (Å²) in [6.07, 6.45) is 7.23. The molecule has 0 aromatic carbocycles. The monoisotopic (exact) mass is 259 g/mol. The second-order valence-electron chi connectivity index (χ2n) is 5.17. The molecule has 1 heterocycles. The summed E-state index contributed by atoms with van der Waals surface area (Å²) in [5.41, 5.74) is 0. The molecular formula is C13H22ClNO2. The van der Waals surface area contributed by atoms with E-state index in [9.17, 15) is 4.79 Å². The fourth-order valence-electron chi connectivity index (χ4n) is 2.83. The zero-order valence-corrected chi connectivity index (χ0v) is 11.3. The van der Waals surface area contributed by atoms with Crippen molar-refractivity contribution in [2.75, 3.05) is 13.7 Å². The van der Waals surface area contributed by atoms with E-state index in [2.05, 4.69) is 0 Å². The van der Waals surface area contributed by atoms with Crippen LogP contribution in [-0.4, -0.2) is 42.0 Å². The normalized spacial score (nSPS) is 34.4. The molecule has 0 spiro atoms. The van der Waals surface area contributed by atoms with E-state index in [1.807, 2.05) is 11.9 Å². The van der Waals surface area contributed by atoms with Crippen LogP contribution in [0.1, 0.15) is 44.9 Å². The van der Waals surface area contributed by atoms with Crippen molar-refractivity contribution in [2.45, 2.75) is 62.5 Å². The van der Waals surface area contributed by atoms with Crippen LogP contribution in [0.3, 0.4) is 0 Å². The van der Waals surface area contributed by atoms with Gasteiger partial charge in [0, 0.05) is 19.7 Å². The van der Waals surface area contributed by atoms with Crippen LogP contribution in [-0.2, 0) is 9.53 Å². The lowest BCUT2D eigenvalue weighted by Crippen LogP contribution is -2.49. The molecule has 2 fully saturated rings. The molecule has 2 aliphatic rings. The van der Waals surface area contributed by atoms with Crippen molar-refractivity contribution in [3.63, 3.8) is 0 Å². The van der Waals surface area contributed by atoms with Gasteiger partial charge >= 0.3 is 0 Å². The number of hydrogen-bond donors (Lipinski definition) is 0. The molecule has 1 saturated heterocycles. The summed E-state index contributed by atoms with van der Waals surface area (Å²) >= 11 is 6.33. The minimum Gasteiger partial charge on any atom is -0.368 e. The molecule has 3 atom stereocenters. The summed E-state index contributed by atoms with van der Waals surface area (Å²) in [6.45, 7) is 0.721. The lowest BCUT2D eigenvalue weighted by molar-refractivity contribution is -0.147. The maximum atomic E-state index is 12.3. The fourth-order valence-corrected chi connectivity index (χ4v) is 3.28. The summed E-state index contributed by atoms with van der Waals surface area (Å²) in [6, 6.07) is 0.198. The maximum Gasteiger partial charge on any atom is 0.251 e. The Morgan fingerprint density at radius 3 is 2.53 bits per heavy atom. The molecule has 1 saturated carbocycles. The van der Waals surface area contributed by atoms with Gasteiger partial charge in [0.1, 0.15) is 6.10 Å². The minimum atomic E-state index is -0.223. The van der Waals surface area contributed by atoms with E-state index in [0.717, 1.165) is 38.7 Å². The summed E-state index contributed by atoms with van der Waals surface area (Å²) in [5.74, 6) is 0.127. The number of carbonyl (C=O) groups is 1. The molecule has 4 heteroatoms. The fraction of sp³-hybridized carbons (Fsp3) is 0.923. The molecule has 98 valence electrons. The van der Waals surface area contributed by atoms with E-state index in [0.29, 0.717) is 0 Å². The minimum absolute atomic E-state index is 0.112. The predicted molar refractivity (Wildman–Crippen MR) is 68.3 cm³/mol. The third-order valence-electron chi connectivity index (χ3n) is 3.95. The van der Waals surface area contributed by atoms with Gasteiger partial charge in [-0.3, -0.25) is 4.79 Å². The van der Waals surface area contributed by atoms with E-state index < -0.39 is 0 Å². The summed E-state index contributed by atoms with van der Waals surface area (Å²) < 4.78 is 5.55. The first kappa shape index (κ1) is 13.2. The molecule has 3 unspecified atom stereocenters. The topological polar surface area (TPSA) is 29.5 Å². The van der Waals surface area contributed by atoms with Crippen LogP contribution < -0.4 is 0 Å². The van der Waals surface area contributed by atoms with E-state index in [4.69, 9.17) is 16.3 Å². The summed E-state index contributed by atoms with van der Waals surface area (Å²) in [4.78, 5) is 14.1. The van der Waals surface area contributed by atoms with Gasteiger partial charge in [0.15, 0.2) is 0 Å². The number of rotatable bonds is 2. The molecule has 1 aliphatic heterocycles. The first-order chi connectivity index (χ1) is 8.20. The maximum absolute atomic E-state index is 12.3. The van der Waals surface area contributed by atoms with Crippen molar-refractivity contribution in [3.05, 3.63) is 0 Å². The highest BCUT2D eigenvalue weighted by molar-refractivity contribution is 6.21. The number of nitrogens with zero attached hydrogens (tertiary/aromatic N) is 1. The first-order valence-electron chi connectivity index (χ1n) is 6.72. The number of amides is 1. The third kappa shape index (κ3) is 3.14. The molecule has 0 N–H and O–H groups in total. The molecule has 3 nitrogen and oxygen atoms in total. The van der Waals surface area contributed by atoms with Crippen molar-refractivity contribution in [1.82, 2.24) is 4.90 Å². The van der Waals surface area contributed by atoms with Crippen LogP contribution in [0, 0.1) is 0 Å². The molecule has 0 aromatic heterocycles. The molecule has 0 bridgehead atoms. The van der Waals surface area contributed by atoms with Gasteiger partial charge in [-0.15, -0.1) is 11.6 Å². The van der Waals surface area contributed by atoms with Gasteiger partial charge in [-0.2, -0.15) is 0 Å². The van der Waals surface area contributed by atoms with Gasteiger partial charge in [-0.05, 0) is 32.1 Å². The van der Waals surface area contributed by atoms with Gasteiger partial charge in [0.05, 0.1) is 5.38 Å². The molecule has 17 heavy (non-hydrogen) atoms. The van der Waals surface area contributed by atoms with Gasteiger partial charge in [0.25, 0.3) is 5.91 Å². The number of ether oxygens (including phenoxy) is 1. The van der Waals surface area contributed by atoms with Crippen LogP contribution >= 0.6 is 11.6 Å². The molecule has 1 amide bonds. The second-order valence-corrected chi connectivity index (χ2v) is 5.73. The largest absolute Gasteiger partial charge is 0.368 e. The highest BCUT2D eigenvalue weighted by Crippen LogP contribution is 2.27. The van der Waals surface area contributed by atoms with E-state index in [1.54, 1.807) is 0 Å². The van der Waals surface area contributed by atoms with Crippen molar-refractivity contribution >= 4 is 17.5 Å². The van der Waals surface area contributed by atoms with Crippen LogP contribution in [0.4, 0.5) is 0 Å². The zero-order chi connectivity index (χ0) is 12.3. The average molecular weight is 260 g/mol. The highest BCUT2D eigenvalue weighted by Gasteiger charge is 2.33. The van der Waals surface area contributed by atoms with Crippen LogP contribution in [0.5, 0.6) is 0 Å². The Morgan fingerprint density at radius 1 is 1.18 bits per heavy atom. The zero-order valence-electron chi connectivity index (χ0n) is 10.5. The van der Waals surface area contributed by atoms with Crippen molar-refractivity contribution in [3.8, 4) is 0 Å². The highest BCUT2D eigenvalue weighted by atomic mass is 35.5. The Labute approximate surface area is 108 Å². The lowest BCUT2D eigenvalue weighted by Gasteiger charge is -2.37. The van der Waals surface area contributed by atoms with Crippen molar-refractivity contribution in [2.24, 2.45) is 0 Å². The Kier molecular flexibility index (Phi) is 4.69. The molecule has 0 aromatic rings. The molecule has 2 rings (SSSR count). The first-order valence-corrected chi connectivity index (χ1v) is 7.16. The van der Waals surface area contributed by atoms with E-state index >= 15 is 0 Å². The Balaban J connectivity index is 1.92. The Morgan fingerprint density at radius 2 is 1.88 bits per heavy atom. The van der Waals surface area contributed by atoms with Gasteiger partial charge in [-0.25, -0.2) is 0 Å². The number of carbonyl (C=O) groups excluding carboxylic acids is 1. The SMILES string of the molecule is CN(C(=O)C1CCCCO1)C1CCCCC1Cl.